The normalized spacial score (nSPS) is 12.3. The minimum absolute atomic E-state index is 0.344. The van der Waals surface area contributed by atoms with E-state index in [0.717, 1.165) is 4.47 Å². The molecule has 1 amide bonds. The van der Waals surface area contributed by atoms with Gasteiger partial charge in [-0.25, -0.2) is 5.43 Å². The SMILES string of the molecule is CC(Oc1ccccc1Br)C(=O)NN=Cc1ccco1. The highest BCUT2D eigenvalue weighted by atomic mass is 79.9. The van der Waals surface area contributed by atoms with E-state index in [1.54, 1.807) is 25.1 Å². The fourth-order valence-corrected chi connectivity index (χ4v) is 1.78. The average Bonchev–Trinajstić information content (AvgIpc) is 2.94. The molecule has 1 atom stereocenters. The maximum absolute atomic E-state index is 11.8. The summed E-state index contributed by atoms with van der Waals surface area (Å²) in [5.41, 5.74) is 2.39. The zero-order valence-corrected chi connectivity index (χ0v) is 12.3. The second-order valence-corrected chi connectivity index (χ2v) is 4.79. The molecule has 6 heteroatoms. The molecule has 1 N–H and O–H groups in total. The van der Waals surface area contributed by atoms with Gasteiger partial charge in [0.2, 0.25) is 0 Å². The Hall–Kier alpha value is -2.08. The van der Waals surface area contributed by atoms with Crippen molar-refractivity contribution in [1.82, 2.24) is 5.43 Å². The summed E-state index contributed by atoms with van der Waals surface area (Å²) in [5, 5.41) is 3.79. The number of amides is 1. The van der Waals surface area contributed by atoms with Gasteiger partial charge >= 0.3 is 0 Å². The van der Waals surface area contributed by atoms with Crippen LogP contribution in [0, 0.1) is 0 Å². The van der Waals surface area contributed by atoms with Crippen LogP contribution in [0.3, 0.4) is 0 Å². The number of carbonyl (C=O) groups is 1. The van der Waals surface area contributed by atoms with Gasteiger partial charge in [0, 0.05) is 0 Å². The second-order valence-electron chi connectivity index (χ2n) is 3.94. The van der Waals surface area contributed by atoms with Crippen LogP contribution in [0.5, 0.6) is 5.75 Å². The van der Waals surface area contributed by atoms with Gasteiger partial charge in [-0.05, 0) is 47.1 Å². The molecular formula is C14H13BrN2O3. The van der Waals surface area contributed by atoms with E-state index < -0.39 is 6.10 Å². The molecule has 0 saturated heterocycles. The Morgan fingerprint density at radius 3 is 2.90 bits per heavy atom. The highest BCUT2D eigenvalue weighted by molar-refractivity contribution is 9.10. The molecular weight excluding hydrogens is 324 g/mol. The molecule has 0 radical (unpaired) electrons. The topological polar surface area (TPSA) is 63.8 Å². The Kier molecular flexibility index (Phi) is 4.95. The largest absolute Gasteiger partial charge is 0.480 e. The summed E-state index contributed by atoms with van der Waals surface area (Å²) in [5.74, 6) is 0.818. The number of nitrogens with one attached hydrogen (secondary N) is 1. The van der Waals surface area contributed by atoms with Crippen molar-refractivity contribution in [3.05, 3.63) is 52.9 Å². The molecule has 0 bridgehead atoms. The molecule has 0 spiro atoms. The quantitative estimate of drug-likeness (QED) is 0.674. The van der Waals surface area contributed by atoms with Crippen LogP contribution in [-0.2, 0) is 4.79 Å². The van der Waals surface area contributed by atoms with Crippen molar-refractivity contribution in [3.63, 3.8) is 0 Å². The van der Waals surface area contributed by atoms with Crippen LogP contribution >= 0.6 is 15.9 Å². The first kappa shape index (κ1) is 14.3. The molecule has 0 aliphatic heterocycles. The second kappa shape index (κ2) is 6.91. The predicted molar refractivity (Wildman–Crippen MR) is 78.7 cm³/mol. The zero-order chi connectivity index (χ0) is 14.4. The Bertz CT molecular complexity index is 596. The van der Waals surface area contributed by atoms with Crippen molar-refractivity contribution < 1.29 is 13.9 Å². The van der Waals surface area contributed by atoms with Gasteiger partial charge in [0.05, 0.1) is 17.0 Å². The third-order valence-electron chi connectivity index (χ3n) is 2.42. The van der Waals surface area contributed by atoms with Gasteiger partial charge < -0.3 is 9.15 Å². The summed E-state index contributed by atoms with van der Waals surface area (Å²) in [7, 11) is 0. The third kappa shape index (κ3) is 3.96. The summed E-state index contributed by atoms with van der Waals surface area (Å²) < 4.78 is 11.4. The number of para-hydroxylation sites is 1. The van der Waals surface area contributed by atoms with E-state index in [1.807, 2.05) is 18.2 Å². The van der Waals surface area contributed by atoms with E-state index in [1.165, 1.54) is 12.5 Å². The standard InChI is InChI=1S/C14H13BrN2O3/c1-10(20-13-7-3-2-6-12(13)15)14(18)17-16-9-11-5-4-8-19-11/h2-10H,1H3,(H,17,18). The lowest BCUT2D eigenvalue weighted by atomic mass is 10.3. The average molecular weight is 337 g/mol. The smallest absolute Gasteiger partial charge is 0.280 e. The monoisotopic (exact) mass is 336 g/mol. The third-order valence-corrected chi connectivity index (χ3v) is 3.07. The van der Waals surface area contributed by atoms with Crippen LogP contribution in [0.2, 0.25) is 0 Å². The molecule has 1 unspecified atom stereocenters. The number of rotatable bonds is 5. The summed E-state index contributed by atoms with van der Waals surface area (Å²) in [6.07, 6.45) is 2.28. The molecule has 0 fully saturated rings. The number of hydrogen-bond acceptors (Lipinski definition) is 4. The Balaban J connectivity index is 1.88. The van der Waals surface area contributed by atoms with E-state index in [2.05, 4.69) is 26.5 Å². The van der Waals surface area contributed by atoms with Crippen LogP contribution in [0.1, 0.15) is 12.7 Å². The zero-order valence-electron chi connectivity index (χ0n) is 10.7. The number of nitrogens with zero attached hydrogens (tertiary/aromatic N) is 1. The number of hydrogen-bond donors (Lipinski definition) is 1. The first-order valence-corrected chi connectivity index (χ1v) is 6.73. The van der Waals surface area contributed by atoms with Crippen molar-refractivity contribution in [1.29, 1.82) is 0 Å². The van der Waals surface area contributed by atoms with Crippen molar-refractivity contribution in [2.45, 2.75) is 13.0 Å². The van der Waals surface area contributed by atoms with Crippen molar-refractivity contribution >= 4 is 28.1 Å². The maximum Gasteiger partial charge on any atom is 0.280 e. The van der Waals surface area contributed by atoms with Gasteiger partial charge in [-0.15, -0.1) is 0 Å². The van der Waals surface area contributed by atoms with E-state index >= 15 is 0 Å². The Labute approximate surface area is 124 Å². The van der Waals surface area contributed by atoms with Crippen LogP contribution in [0.25, 0.3) is 0 Å². The van der Waals surface area contributed by atoms with Gasteiger partial charge in [-0.2, -0.15) is 5.10 Å². The maximum atomic E-state index is 11.8. The van der Waals surface area contributed by atoms with Crippen molar-refractivity contribution in [2.75, 3.05) is 0 Å². The van der Waals surface area contributed by atoms with Crippen LogP contribution in [0.15, 0.2) is 56.7 Å². The molecule has 104 valence electrons. The summed E-state index contributed by atoms with van der Waals surface area (Å²) in [4.78, 5) is 11.8. The minimum Gasteiger partial charge on any atom is -0.480 e. The highest BCUT2D eigenvalue weighted by Gasteiger charge is 2.15. The molecule has 1 heterocycles. The first-order valence-electron chi connectivity index (χ1n) is 5.94. The van der Waals surface area contributed by atoms with Crippen LogP contribution in [0.4, 0.5) is 0 Å². The van der Waals surface area contributed by atoms with Crippen LogP contribution in [-0.4, -0.2) is 18.2 Å². The number of carbonyl (C=O) groups excluding carboxylic acids is 1. The first-order chi connectivity index (χ1) is 9.66. The van der Waals surface area contributed by atoms with Gasteiger partial charge in [0.25, 0.3) is 5.91 Å². The Morgan fingerprint density at radius 2 is 2.20 bits per heavy atom. The van der Waals surface area contributed by atoms with Gasteiger partial charge in [0.1, 0.15) is 11.5 Å². The van der Waals surface area contributed by atoms with E-state index in [0.29, 0.717) is 11.5 Å². The fourth-order valence-electron chi connectivity index (χ4n) is 1.40. The molecule has 1 aromatic carbocycles. The summed E-state index contributed by atoms with van der Waals surface area (Å²) >= 11 is 3.35. The van der Waals surface area contributed by atoms with Gasteiger partial charge in [0.15, 0.2) is 6.10 Å². The molecule has 20 heavy (non-hydrogen) atoms. The molecule has 2 rings (SSSR count). The van der Waals surface area contributed by atoms with Crippen LogP contribution < -0.4 is 10.2 Å². The molecule has 0 saturated carbocycles. The van der Waals surface area contributed by atoms with E-state index in [-0.39, 0.29) is 5.91 Å². The van der Waals surface area contributed by atoms with Gasteiger partial charge in [-0.3, -0.25) is 4.79 Å². The fraction of sp³-hybridized carbons (Fsp3) is 0.143. The molecule has 0 aliphatic rings. The lowest BCUT2D eigenvalue weighted by Gasteiger charge is -2.13. The highest BCUT2D eigenvalue weighted by Crippen LogP contribution is 2.24. The number of furan rings is 1. The van der Waals surface area contributed by atoms with E-state index in [4.69, 9.17) is 9.15 Å². The van der Waals surface area contributed by atoms with E-state index in [9.17, 15) is 4.79 Å². The summed E-state index contributed by atoms with van der Waals surface area (Å²) in [6, 6.07) is 10.8. The van der Waals surface area contributed by atoms with Crippen molar-refractivity contribution in [3.8, 4) is 5.75 Å². The summed E-state index contributed by atoms with van der Waals surface area (Å²) in [6.45, 7) is 1.65. The van der Waals surface area contributed by atoms with Crippen molar-refractivity contribution in [2.24, 2.45) is 5.10 Å². The number of benzene rings is 1. The van der Waals surface area contributed by atoms with Gasteiger partial charge in [-0.1, -0.05) is 12.1 Å². The lowest BCUT2D eigenvalue weighted by Crippen LogP contribution is -2.33. The number of halogens is 1. The molecule has 2 aromatic rings. The predicted octanol–water partition coefficient (Wildman–Crippen LogP) is 2.96. The number of ether oxygens (including phenoxy) is 1. The Morgan fingerprint density at radius 1 is 1.40 bits per heavy atom. The number of hydrazone groups is 1. The minimum atomic E-state index is -0.664. The lowest BCUT2D eigenvalue weighted by molar-refractivity contribution is -0.127. The molecule has 0 aliphatic carbocycles. The molecule has 1 aromatic heterocycles. The molecule has 5 nitrogen and oxygen atoms in total.